The SMILES string of the molecule is O=C1CCNCCCN1Cc1ccccc1. The van der Waals surface area contributed by atoms with E-state index in [2.05, 4.69) is 17.4 Å². The van der Waals surface area contributed by atoms with Crippen LogP contribution in [0.15, 0.2) is 30.3 Å². The van der Waals surface area contributed by atoms with Crippen molar-refractivity contribution >= 4 is 5.91 Å². The summed E-state index contributed by atoms with van der Waals surface area (Å²) in [5.41, 5.74) is 1.21. The van der Waals surface area contributed by atoms with Gasteiger partial charge in [-0.05, 0) is 18.5 Å². The summed E-state index contributed by atoms with van der Waals surface area (Å²) in [5, 5.41) is 3.25. The molecule has 1 aromatic carbocycles. The lowest BCUT2D eigenvalue weighted by atomic mass is 10.2. The van der Waals surface area contributed by atoms with Gasteiger partial charge in [-0.3, -0.25) is 4.79 Å². The Morgan fingerprint density at radius 3 is 2.81 bits per heavy atom. The van der Waals surface area contributed by atoms with Crippen LogP contribution in [-0.2, 0) is 11.3 Å². The number of carbonyl (C=O) groups excluding carboxylic acids is 1. The van der Waals surface area contributed by atoms with Crippen molar-refractivity contribution in [1.82, 2.24) is 10.2 Å². The molecule has 1 saturated heterocycles. The maximum atomic E-state index is 11.9. The molecule has 0 unspecified atom stereocenters. The lowest BCUT2D eigenvalue weighted by molar-refractivity contribution is -0.132. The van der Waals surface area contributed by atoms with E-state index in [1.165, 1.54) is 5.56 Å². The molecule has 1 heterocycles. The second kappa shape index (κ2) is 5.66. The molecule has 0 bridgehead atoms. The first-order valence-electron chi connectivity index (χ1n) is 5.89. The minimum absolute atomic E-state index is 0.260. The lowest BCUT2D eigenvalue weighted by Crippen LogP contribution is -2.37. The zero-order chi connectivity index (χ0) is 11.2. The number of hydrogen-bond donors (Lipinski definition) is 1. The molecule has 1 aliphatic heterocycles. The number of nitrogens with one attached hydrogen (secondary N) is 1. The first-order chi connectivity index (χ1) is 7.86. The molecule has 0 spiro atoms. The van der Waals surface area contributed by atoms with Crippen molar-refractivity contribution in [3.8, 4) is 0 Å². The number of carbonyl (C=O) groups is 1. The first-order valence-corrected chi connectivity index (χ1v) is 5.89. The van der Waals surface area contributed by atoms with Gasteiger partial charge in [-0.1, -0.05) is 30.3 Å². The molecule has 0 radical (unpaired) electrons. The van der Waals surface area contributed by atoms with Crippen LogP contribution in [0.4, 0.5) is 0 Å². The van der Waals surface area contributed by atoms with E-state index in [0.29, 0.717) is 6.42 Å². The molecular weight excluding hydrogens is 200 g/mol. The fraction of sp³-hybridized carbons (Fsp3) is 0.462. The summed E-state index contributed by atoms with van der Waals surface area (Å²) in [6, 6.07) is 10.2. The number of amides is 1. The van der Waals surface area contributed by atoms with E-state index in [0.717, 1.165) is 32.6 Å². The monoisotopic (exact) mass is 218 g/mol. The highest BCUT2D eigenvalue weighted by Gasteiger charge is 2.14. The minimum atomic E-state index is 0.260. The second-order valence-corrected chi connectivity index (χ2v) is 4.15. The molecule has 3 heteroatoms. The van der Waals surface area contributed by atoms with Crippen molar-refractivity contribution in [1.29, 1.82) is 0 Å². The molecule has 0 saturated carbocycles. The van der Waals surface area contributed by atoms with Gasteiger partial charge in [0.05, 0.1) is 0 Å². The van der Waals surface area contributed by atoms with Gasteiger partial charge in [-0.15, -0.1) is 0 Å². The lowest BCUT2D eigenvalue weighted by Gasteiger charge is -2.25. The Balaban J connectivity index is 1.98. The normalized spacial score (nSPS) is 18.0. The summed E-state index contributed by atoms with van der Waals surface area (Å²) in [4.78, 5) is 13.8. The third-order valence-electron chi connectivity index (χ3n) is 2.87. The molecule has 3 nitrogen and oxygen atoms in total. The van der Waals surface area contributed by atoms with E-state index in [9.17, 15) is 4.79 Å². The fourth-order valence-electron chi connectivity index (χ4n) is 1.97. The Kier molecular flexibility index (Phi) is 3.94. The maximum absolute atomic E-state index is 11.9. The highest BCUT2D eigenvalue weighted by molar-refractivity contribution is 5.76. The van der Waals surface area contributed by atoms with Gasteiger partial charge in [-0.2, -0.15) is 0 Å². The van der Waals surface area contributed by atoms with Gasteiger partial charge in [-0.25, -0.2) is 0 Å². The predicted molar refractivity (Wildman–Crippen MR) is 64.0 cm³/mol. The molecular formula is C13H18N2O. The van der Waals surface area contributed by atoms with Crippen LogP contribution in [0.5, 0.6) is 0 Å². The fourth-order valence-corrected chi connectivity index (χ4v) is 1.97. The zero-order valence-corrected chi connectivity index (χ0v) is 9.48. The number of rotatable bonds is 2. The largest absolute Gasteiger partial charge is 0.338 e. The van der Waals surface area contributed by atoms with Crippen molar-refractivity contribution < 1.29 is 4.79 Å². The van der Waals surface area contributed by atoms with Gasteiger partial charge in [0.1, 0.15) is 0 Å². The van der Waals surface area contributed by atoms with E-state index >= 15 is 0 Å². The minimum Gasteiger partial charge on any atom is -0.338 e. The highest BCUT2D eigenvalue weighted by atomic mass is 16.2. The van der Waals surface area contributed by atoms with Gasteiger partial charge in [0, 0.05) is 26.1 Å². The molecule has 1 aliphatic rings. The molecule has 0 aromatic heterocycles. The topological polar surface area (TPSA) is 32.3 Å². The number of nitrogens with zero attached hydrogens (tertiary/aromatic N) is 1. The van der Waals surface area contributed by atoms with Crippen LogP contribution in [0.3, 0.4) is 0 Å². The van der Waals surface area contributed by atoms with Crippen LogP contribution in [0, 0.1) is 0 Å². The van der Waals surface area contributed by atoms with Gasteiger partial charge in [0.15, 0.2) is 0 Å². The second-order valence-electron chi connectivity index (χ2n) is 4.15. The molecule has 16 heavy (non-hydrogen) atoms. The Labute approximate surface area is 96.5 Å². The summed E-state index contributed by atoms with van der Waals surface area (Å²) in [6.07, 6.45) is 1.66. The maximum Gasteiger partial charge on any atom is 0.224 e. The molecule has 0 atom stereocenters. The van der Waals surface area contributed by atoms with Crippen molar-refractivity contribution in [2.45, 2.75) is 19.4 Å². The summed E-state index contributed by atoms with van der Waals surface area (Å²) in [5.74, 6) is 0.260. The van der Waals surface area contributed by atoms with Gasteiger partial charge < -0.3 is 10.2 Å². The van der Waals surface area contributed by atoms with E-state index < -0.39 is 0 Å². The molecule has 1 aromatic rings. The zero-order valence-electron chi connectivity index (χ0n) is 9.48. The third kappa shape index (κ3) is 3.07. The molecule has 1 fully saturated rings. The Bertz CT molecular complexity index is 337. The quantitative estimate of drug-likeness (QED) is 0.813. The first kappa shape index (κ1) is 11.1. The van der Waals surface area contributed by atoms with E-state index in [4.69, 9.17) is 0 Å². The van der Waals surface area contributed by atoms with Crippen LogP contribution in [0.1, 0.15) is 18.4 Å². The smallest absolute Gasteiger partial charge is 0.224 e. The Hall–Kier alpha value is -1.35. The molecule has 1 N–H and O–H groups in total. The summed E-state index contributed by atoms with van der Waals surface area (Å²) in [7, 11) is 0. The van der Waals surface area contributed by atoms with Gasteiger partial charge >= 0.3 is 0 Å². The summed E-state index contributed by atoms with van der Waals surface area (Å²) < 4.78 is 0. The van der Waals surface area contributed by atoms with Crippen molar-refractivity contribution in [3.05, 3.63) is 35.9 Å². The third-order valence-corrected chi connectivity index (χ3v) is 2.87. The molecule has 0 aliphatic carbocycles. The van der Waals surface area contributed by atoms with Crippen LogP contribution >= 0.6 is 0 Å². The standard InChI is InChI=1S/C13H18N2O/c16-13-7-9-14-8-4-10-15(13)11-12-5-2-1-3-6-12/h1-3,5-6,14H,4,7-11H2. The number of hydrogen-bond acceptors (Lipinski definition) is 2. The van der Waals surface area contributed by atoms with E-state index in [1.807, 2.05) is 23.1 Å². The molecule has 2 rings (SSSR count). The van der Waals surface area contributed by atoms with Crippen LogP contribution < -0.4 is 5.32 Å². The van der Waals surface area contributed by atoms with Crippen LogP contribution in [0.2, 0.25) is 0 Å². The van der Waals surface area contributed by atoms with Crippen molar-refractivity contribution in [3.63, 3.8) is 0 Å². The average molecular weight is 218 g/mol. The van der Waals surface area contributed by atoms with E-state index in [-0.39, 0.29) is 5.91 Å². The van der Waals surface area contributed by atoms with Gasteiger partial charge in [0.2, 0.25) is 5.91 Å². The Morgan fingerprint density at radius 1 is 1.19 bits per heavy atom. The number of benzene rings is 1. The molecule has 1 amide bonds. The van der Waals surface area contributed by atoms with Gasteiger partial charge in [0.25, 0.3) is 0 Å². The predicted octanol–water partition coefficient (Wildman–Crippen LogP) is 1.40. The van der Waals surface area contributed by atoms with Crippen molar-refractivity contribution in [2.75, 3.05) is 19.6 Å². The van der Waals surface area contributed by atoms with E-state index in [1.54, 1.807) is 0 Å². The average Bonchev–Trinajstić information content (AvgIpc) is 2.30. The van der Waals surface area contributed by atoms with Crippen LogP contribution in [-0.4, -0.2) is 30.4 Å². The van der Waals surface area contributed by atoms with Crippen molar-refractivity contribution in [2.24, 2.45) is 0 Å². The van der Waals surface area contributed by atoms with Crippen LogP contribution in [0.25, 0.3) is 0 Å². The summed E-state index contributed by atoms with van der Waals surface area (Å²) >= 11 is 0. The molecule has 86 valence electrons. The highest BCUT2D eigenvalue weighted by Crippen LogP contribution is 2.07. The summed E-state index contributed by atoms with van der Waals surface area (Å²) in [6.45, 7) is 3.43. The Morgan fingerprint density at radius 2 is 2.00 bits per heavy atom.